The number of rotatable bonds is 3. The van der Waals surface area contributed by atoms with Crippen LogP contribution in [-0.4, -0.2) is 17.4 Å². The van der Waals surface area contributed by atoms with Crippen LogP contribution in [0.4, 0.5) is 11.4 Å². The Balaban J connectivity index is 1.98. The fourth-order valence-corrected chi connectivity index (χ4v) is 2.10. The second-order valence-corrected chi connectivity index (χ2v) is 4.49. The first-order valence-electron chi connectivity index (χ1n) is 5.91. The highest BCUT2D eigenvalue weighted by molar-refractivity contribution is 5.95. The van der Waals surface area contributed by atoms with Gasteiger partial charge in [-0.2, -0.15) is 0 Å². The van der Waals surface area contributed by atoms with Crippen LogP contribution >= 0.6 is 0 Å². The molecule has 0 aliphatic carbocycles. The molecular weight excluding hydrogens is 244 g/mol. The van der Waals surface area contributed by atoms with Gasteiger partial charge in [0.05, 0.1) is 17.6 Å². The molecule has 0 saturated carbocycles. The van der Waals surface area contributed by atoms with Gasteiger partial charge in [0, 0.05) is 19.2 Å². The molecule has 2 aromatic heterocycles. The lowest BCUT2D eigenvalue weighted by molar-refractivity contribution is 0.315. The number of furan rings is 1. The molecule has 6 heteroatoms. The zero-order valence-corrected chi connectivity index (χ0v) is 10.8. The zero-order valence-electron chi connectivity index (χ0n) is 10.8. The van der Waals surface area contributed by atoms with Gasteiger partial charge in [-0.05, 0) is 35.4 Å². The first-order chi connectivity index (χ1) is 9.16. The van der Waals surface area contributed by atoms with Gasteiger partial charge in [-0.1, -0.05) is 0 Å². The topological polar surface area (TPSA) is 81.3 Å². The summed E-state index contributed by atoms with van der Waals surface area (Å²) in [5, 5.41) is 7.74. The number of aromatic nitrogens is 2. The Bertz CT molecular complexity index is 716. The van der Waals surface area contributed by atoms with E-state index in [1.807, 2.05) is 26.1 Å². The number of hydrogen-bond donors (Lipinski definition) is 1. The average molecular weight is 258 g/mol. The lowest BCUT2D eigenvalue weighted by Gasteiger charge is -2.19. The Morgan fingerprint density at radius 1 is 1.21 bits per heavy atom. The molecule has 0 unspecified atom stereocenters. The predicted octanol–water partition coefficient (Wildman–Crippen LogP) is 2.34. The Kier molecular flexibility index (Phi) is 2.63. The van der Waals surface area contributed by atoms with Crippen molar-refractivity contribution in [3.8, 4) is 0 Å². The number of nitrogens with two attached hydrogens (primary N) is 1. The van der Waals surface area contributed by atoms with E-state index in [1.165, 1.54) is 0 Å². The van der Waals surface area contributed by atoms with E-state index in [2.05, 4.69) is 15.2 Å². The minimum Gasteiger partial charge on any atom is -0.469 e. The van der Waals surface area contributed by atoms with Crippen molar-refractivity contribution in [2.24, 2.45) is 0 Å². The van der Waals surface area contributed by atoms with Crippen molar-refractivity contribution in [2.75, 3.05) is 17.7 Å². The summed E-state index contributed by atoms with van der Waals surface area (Å²) >= 11 is 0. The highest BCUT2D eigenvalue weighted by Gasteiger charge is 2.14. The summed E-state index contributed by atoms with van der Waals surface area (Å²) in [7, 11) is 1.98. The second-order valence-electron chi connectivity index (χ2n) is 4.49. The van der Waals surface area contributed by atoms with Crippen molar-refractivity contribution < 1.29 is 9.05 Å². The van der Waals surface area contributed by atoms with Crippen LogP contribution in [0.25, 0.3) is 11.0 Å². The van der Waals surface area contributed by atoms with E-state index in [9.17, 15) is 0 Å². The Morgan fingerprint density at radius 3 is 2.74 bits per heavy atom. The van der Waals surface area contributed by atoms with Crippen LogP contribution < -0.4 is 10.6 Å². The largest absolute Gasteiger partial charge is 0.469 e. The van der Waals surface area contributed by atoms with Crippen molar-refractivity contribution in [3.05, 3.63) is 35.8 Å². The fourth-order valence-electron chi connectivity index (χ4n) is 2.10. The maximum absolute atomic E-state index is 5.83. The predicted molar refractivity (Wildman–Crippen MR) is 71.8 cm³/mol. The molecule has 0 saturated heterocycles. The first kappa shape index (κ1) is 11.6. The molecule has 0 aliphatic rings. The highest BCUT2D eigenvalue weighted by Crippen LogP contribution is 2.28. The molecule has 98 valence electrons. The normalized spacial score (nSPS) is 11.1. The molecule has 2 N–H and O–H groups in total. The van der Waals surface area contributed by atoms with E-state index in [-0.39, 0.29) is 0 Å². The molecule has 0 spiro atoms. The summed E-state index contributed by atoms with van der Waals surface area (Å²) in [6.45, 7) is 2.66. The van der Waals surface area contributed by atoms with Gasteiger partial charge in [-0.25, -0.2) is 4.63 Å². The molecule has 19 heavy (non-hydrogen) atoms. The quantitative estimate of drug-likeness (QED) is 0.726. The smallest absolute Gasteiger partial charge is 0.160 e. The molecule has 0 radical (unpaired) electrons. The van der Waals surface area contributed by atoms with Crippen LogP contribution in [0.1, 0.15) is 11.3 Å². The SMILES string of the molecule is Cc1occc1CN(C)c1ccc(N)c2nonc12. The number of hydrogen-bond acceptors (Lipinski definition) is 6. The van der Waals surface area contributed by atoms with E-state index in [4.69, 9.17) is 14.8 Å². The summed E-state index contributed by atoms with van der Waals surface area (Å²) in [6, 6.07) is 5.68. The van der Waals surface area contributed by atoms with Crippen molar-refractivity contribution in [2.45, 2.75) is 13.5 Å². The molecule has 3 rings (SSSR count). The third-order valence-corrected chi connectivity index (χ3v) is 3.21. The fraction of sp³-hybridized carbons (Fsp3) is 0.231. The molecule has 2 heterocycles. The number of anilines is 2. The summed E-state index contributed by atoms with van der Waals surface area (Å²) in [6.07, 6.45) is 1.69. The van der Waals surface area contributed by atoms with Crippen LogP contribution in [-0.2, 0) is 6.54 Å². The number of nitrogen functional groups attached to an aromatic ring is 1. The summed E-state index contributed by atoms with van der Waals surface area (Å²) < 4.78 is 10.1. The van der Waals surface area contributed by atoms with Crippen molar-refractivity contribution in [1.29, 1.82) is 0 Å². The molecule has 0 bridgehead atoms. The van der Waals surface area contributed by atoms with Crippen LogP contribution in [0.2, 0.25) is 0 Å². The van der Waals surface area contributed by atoms with Gasteiger partial charge in [0.15, 0.2) is 11.0 Å². The number of fused-ring (bicyclic) bond motifs is 1. The first-order valence-corrected chi connectivity index (χ1v) is 5.91. The summed E-state index contributed by atoms with van der Waals surface area (Å²) in [4.78, 5) is 2.06. The summed E-state index contributed by atoms with van der Waals surface area (Å²) in [5.74, 6) is 0.914. The van der Waals surface area contributed by atoms with E-state index in [1.54, 1.807) is 12.3 Å². The molecule has 6 nitrogen and oxygen atoms in total. The molecule has 0 atom stereocenters. The standard InChI is InChI=1S/C13H14N4O2/c1-8-9(5-6-18-8)7-17(2)11-4-3-10(14)12-13(11)16-19-15-12/h3-6H,7,14H2,1-2H3. The molecule has 0 fully saturated rings. The number of benzene rings is 1. The number of aryl methyl sites for hydroxylation is 1. The van der Waals surface area contributed by atoms with Gasteiger partial charge in [-0.15, -0.1) is 0 Å². The Labute approximate surface area is 109 Å². The maximum Gasteiger partial charge on any atom is 0.160 e. The summed E-state index contributed by atoms with van der Waals surface area (Å²) in [5.41, 5.74) is 9.71. The number of nitrogens with zero attached hydrogens (tertiary/aromatic N) is 3. The maximum atomic E-state index is 5.83. The Morgan fingerprint density at radius 2 is 2.00 bits per heavy atom. The monoisotopic (exact) mass is 258 g/mol. The van der Waals surface area contributed by atoms with E-state index in [0.717, 1.165) is 17.0 Å². The van der Waals surface area contributed by atoms with E-state index < -0.39 is 0 Å². The lowest BCUT2D eigenvalue weighted by Crippen LogP contribution is -2.17. The highest BCUT2D eigenvalue weighted by atomic mass is 16.6. The van der Waals surface area contributed by atoms with Crippen molar-refractivity contribution in [3.63, 3.8) is 0 Å². The van der Waals surface area contributed by atoms with Gasteiger partial charge >= 0.3 is 0 Å². The average Bonchev–Trinajstić information content (AvgIpc) is 3.00. The second kappa shape index (κ2) is 4.31. The lowest BCUT2D eigenvalue weighted by atomic mass is 10.2. The molecule has 0 aliphatic heterocycles. The van der Waals surface area contributed by atoms with E-state index >= 15 is 0 Å². The van der Waals surface area contributed by atoms with Gasteiger partial charge in [0.1, 0.15) is 5.76 Å². The van der Waals surface area contributed by atoms with Crippen molar-refractivity contribution in [1.82, 2.24) is 10.3 Å². The molecule has 3 aromatic rings. The van der Waals surface area contributed by atoms with Gasteiger partial charge in [0.2, 0.25) is 0 Å². The minimum atomic E-state index is 0.563. The zero-order chi connectivity index (χ0) is 13.4. The third-order valence-electron chi connectivity index (χ3n) is 3.21. The van der Waals surface area contributed by atoms with Gasteiger partial charge in [0.25, 0.3) is 0 Å². The van der Waals surface area contributed by atoms with Crippen LogP contribution in [0.3, 0.4) is 0 Å². The molecular formula is C13H14N4O2. The molecule has 1 aromatic carbocycles. The Hall–Kier alpha value is -2.50. The van der Waals surface area contributed by atoms with Gasteiger partial charge < -0.3 is 15.1 Å². The van der Waals surface area contributed by atoms with E-state index in [0.29, 0.717) is 23.3 Å². The van der Waals surface area contributed by atoms with Crippen molar-refractivity contribution >= 4 is 22.4 Å². The third kappa shape index (κ3) is 1.91. The van der Waals surface area contributed by atoms with Crippen LogP contribution in [0.15, 0.2) is 33.5 Å². The van der Waals surface area contributed by atoms with Gasteiger partial charge in [-0.3, -0.25) is 0 Å². The van der Waals surface area contributed by atoms with Crippen LogP contribution in [0.5, 0.6) is 0 Å². The molecule has 0 amide bonds. The minimum absolute atomic E-state index is 0.563. The van der Waals surface area contributed by atoms with Crippen LogP contribution in [0, 0.1) is 6.92 Å².